The molecule has 0 fully saturated rings. The third kappa shape index (κ3) is 2.55. The molecule has 4 heteroatoms. The summed E-state index contributed by atoms with van der Waals surface area (Å²) >= 11 is 0. The molecular weight excluding hydrogens is 220 g/mol. The van der Waals surface area contributed by atoms with Crippen LogP contribution < -0.4 is 4.74 Å². The molecule has 1 N–H and O–H groups in total. The first-order chi connectivity index (χ1) is 8.24. The molecule has 0 radical (unpaired) electrons. The van der Waals surface area contributed by atoms with E-state index in [1.165, 1.54) is 0 Å². The van der Waals surface area contributed by atoms with Crippen molar-refractivity contribution in [2.45, 2.75) is 13.0 Å². The van der Waals surface area contributed by atoms with Crippen LogP contribution in [0.2, 0.25) is 0 Å². The monoisotopic (exact) mass is 234 g/mol. The molecule has 0 heterocycles. The molecule has 90 valence electrons. The zero-order valence-corrected chi connectivity index (χ0v) is 9.71. The maximum Gasteiger partial charge on any atom is 0.119 e. The first-order valence-electron chi connectivity index (χ1n) is 5.29. The van der Waals surface area contributed by atoms with Gasteiger partial charge in [0.2, 0.25) is 0 Å². The fourth-order valence-electron chi connectivity index (χ4n) is 1.74. The van der Waals surface area contributed by atoms with Crippen molar-refractivity contribution in [3.05, 3.63) is 42.0 Å². The predicted octanol–water partition coefficient (Wildman–Crippen LogP) is 3.33. The SMILES string of the molecule is COc1ccc2cc(C(C)OOO)ccc2c1. The van der Waals surface area contributed by atoms with Gasteiger partial charge in [0.05, 0.1) is 7.11 Å². The van der Waals surface area contributed by atoms with Gasteiger partial charge < -0.3 is 4.74 Å². The number of hydrogen-bond acceptors (Lipinski definition) is 4. The van der Waals surface area contributed by atoms with Gasteiger partial charge in [-0.25, -0.2) is 5.26 Å². The summed E-state index contributed by atoms with van der Waals surface area (Å²) in [6.45, 7) is 1.79. The summed E-state index contributed by atoms with van der Waals surface area (Å²) in [5, 5.41) is 14.1. The van der Waals surface area contributed by atoms with Crippen LogP contribution in [0.25, 0.3) is 10.8 Å². The van der Waals surface area contributed by atoms with Gasteiger partial charge in [-0.1, -0.05) is 23.2 Å². The van der Waals surface area contributed by atoms with E-state index in [-0.39, 0.29) is 6.10 Å². The fraction of sp³-hybridized carbons (Fsp3) is 0.231. The normalized spacial score (nSPS) is 12.6. The van der Waals surface area contributed by atoms with Crippen LogP contribution in [-0.4, -0.2) is 12.4 Å². The largest absolute Gasteiger partial charge is 0.497 e. The van der Waals surface area contributed by atoms with Gasteiger partial charge in [0.25, 0.3) is 0 Å². The summed E-state index contributed by atoms with van der Waals surface area (Å²) in [6.07, 6.45) is -0.327. The van der Waals surface area contributed by atoms with Crippen molar-refractivity contribution in [3.63, 3.8) is 0 Å². The number of fused-ring (bicyclic) bond motifs is 1. The molecule has 0 aliphatic heterocycles. The zero-order chi connectivity index (χ0) is 12.3. The van der Waals surface area contributed by atoms with Crippen LogP contribution in [0, 0.1) is 0 Å². The Kier molecular flexibility index (Phi) is 3.58. The molecule has 1 unspecified atom stereocenters. The fourth-order valence-corrected chi connectivity index (χ4v) is 1.74. The Morgan fingerprint density at radius 2 is 1.76 bits per heavy atom. The van der Waals surface area contributed by atoms with Crippen LogP contribution in [0.15, 0.2) is 36.4 Å². The molecule has 1 atom stereocenters. The van der Waals surface area contributed by atoms with E-state index in [1.54, 1.807) is 14.0 Å². The third-order valence-corrected chi connectivity index (χ3v) is 2.73. The summed E-state index contributed by atoms with van der Waals surface area (Å²) in [6, 6.07) is 11.7. The standard InChI is InChI=1S/C13H14O4/c1-9(16-17-14)10-3-4-12-8-13(15-2)6-5-11(12)7-10/h3-9,14H,1-2H3. The van der Waals surface area contributed by atoms with Crippen molar-refractivity contribution in [1.82, 2.24) is 0 Å². The van der Waals surface area contributed by atoms with Gasteiger partial charge in [-0.2, -0.15) is 4.89 Å². The number of methoxy groups -OCH3 is 1. The molecule has 0 spiro atoms. The lowest BCUT2D eigenvalue weighted by Crippen LogP contribution is -1.98. The number of ether oxygens (including phenoxy) is 1. The van der Waals surface area contributed by atoms with Crippen molar-refractivity contribution in [2.24, 2.45) is 0 Å². The van der Waals surface area contributed by atoms with E-state index in [0.717, 1.165) is 22.1 Å². The van der Waals surface area contributed by atoms with E-state index in [1.807, 2.05) is 36.4 Å². The molecule has 0 saturated carbocycles. The van der Waals surface area contributed by atoms with Crippen LogP contribution in [-0.2, 0) is 9.93 Å². The molecule has 0 saturated heterocycles. The molecule has 0 aromatic heterocycles. The molecule has 17 heavy (non-hydrogen) atoms. The zero-order valence-electron chi connectivity index (χ0n) is 9.71. The van der Waals surface area contributed by atoms with Gasteiger partial charge in [-0.15, -0.1) is 0 Å². The lowest BCUT2D eigenvalue weighted by atomic mass is 10.0. The minimum Gasteiger partial charge on any atom is -0.497 e. The highest BCUT2D eigenvalue weighted by atomic mass is 17.5. The average molecular weight is 234 g/mol. The second-order valence-corrected chi connectivity index (χ2v) is 3.79. The van der Waals surface area contributed by atoms with E-state index < -0.39 is 0 Å². The quantitative estimate of drug-likeness (QED) is 0.651. The van der Waals surface area contributed by atoms with Gasteiger partial charge in [-0.05, 0) is 41.5 Å². The molecule has 0 aliphatic carbocycles. The van der Waals surface area contributed by atoms with Crippen molar-refractivity contribution in [1.29, 1.82) is 0 Å². The summed E-state index contributed by atoms with van der Waals surface area (Å²) in [5.41, 5.74) is 0.928. The number of benzene rings is 2. The highest BCUT2D eigenvalue weighted by Gasteiger charge is 2.07. The predicted molar refractivity (Wildman–Crippen MR) is 63.7 cm³/mol. The lowest BCUT2D eigenvalue weighted by molar-refractivity contribution is -0.506. The Balaban J connectivity index is 2.37. The Morgan fingerprint density at radius 3 is 2.47 bits per heavy atom. The highest BCUT2D eigenvalue weighted by molar-refractivity contribution is 5.84. The smallest absolute Gasteiger partial charge is 0.119 e. The molecular formula is C13H14O4. The Labute approximate surface area is 99.2 Å². The minimum absolute atomic E-state index is 0.327. The second kappa shape index (κ2) is 5.14. The molecule has 0 amide bonds. The van der Waals surface area contributed by atoms with Crippen LogP contribution in [0.1, 0.15) is 18.6 Å². The van der Waals surface area contributed by atoms with Gasteiger partial charge in [0.15, 0.2) is 0 Å². The minimum atomic E-state index is -0.327. The van der Waals surface area contributed by atoms with Gasteiger partial charge in [0.1, 0.15) is 11.9 Å². The second-order valence-electron chi connectivity index (χ2n) is 3.79. The molecule has 0 aliphatic rings. The van der Waals surface area contributed by atoms with Crippen LogP contribution in [0.5, 0.6) is 5.75 Å². The summed E-state index contributed by atoms with van der Waals surface area (Å²) < 4.78 is 5.16. The Bertz CT molecular complexity index is 510. The Morgan fingerprint density at radius 1 is 1.06 bits per heavy atom. The van der Waals surface area contributed by atoms with Crippen LogP contribution >= 0.6 is 0 Å². The summed E-state index contributed by atoms with van der Waals surface area (Å²) in [7, 11) is 1.64. The van der Waals surface area contributed by atoms with E-state index in [2.05, 4.69) is 9.93 Å². The van der Waals surface area contributed by atoms with Crippen molar-refractivity contribution in [3.8, 4) is 5.75 Å². The van der Waals surface area contributed by atoms with Gasteiger partial charge >= 0.3 is 0 Å². The van der Waals surface area contributed by atoms with E-state index in [0.29, 0.717) is 0 Å². The first-order valence-corrected chi connectivity index (χ1v) is 5.29. The van der Waals surface area contributed by atoms with E-state index >= 15 is 0 Å². The molecule has 2 rings (SSSR count). The van der Waals surface area contributed by atoms with Crippen molar-refractivity contribution >= 4 is 10.8 Å². The van der Waals surface area contributed by atoms with Crippen LogP contribution in [0.3, 0.4) is 0 Å². The lowest BCUT2D eigenvalue weighted by Gasteiger charge is -2.10. The molecule has 2 aromatic rings. The molecule has 4 nitrogen and oxygen atoms in total. The third-order valence-electron chi connectivity index (χ3n) is 2.73. The van der Waals surface area contributed by atoms with E-state index in [4.69, 9.17) is 9.99 Å². The van der Waals surface area contributed by atoms with E-state index in [9.17, 15) is 0 Å². The first kappa shape index (κ1) is 11.9. The maximum absolute atomic E-state index is 8.24. The molecule has 0 bridgehead atoms. The number of rotatable bonds is 4. The topological polar surface area (TPSA) is 47.9 Å². The summed E-state index contributed by atoms with van der Waals surface area (Å²) in [5.74, 6) is 0.827. The van der Waals surface area contributed by atoms with Gasteiger partial charge in [-0.3, -0.25) is 0 Å². The average Bonchev–Trinajstić information content (AvgIpc) is 2.37. The van der Waals surface area contributed by atoms with Crippen LogP contribution in [0.4, 0.5) is 0 Å². The van der Waals surface area contributed by atoms with Crippen molar-refractivity contribution < 1.29 is 19.9 Å². The Hall–Kier alpha value is -1.62. The molecule has 2 aromatic carbocycles. The maximum atomic E-state index is 8.24. The highest BCUT2D eigenvalue weighted by Crippen LogP contribution is 2.25. The van der Waals surface area contributed by atoms with Crippen molar-refractivity contribution in [2.75, 3.05) is 7.11 Å². The number of hydrogen-bond donors (Lipinski definition) is 1. The summed E-state index contributed by atoms with van der Waals surface area (Å²) in [4.78, 5) is 4.65. The van der Waals surface area contributed by atoms with Gasteiger partial charge in [0, 0.05) is 0 Å².